The smallest absolute Gasteiger partial charge is 0.200 e. The zero-order valence-electron chi connectivity index (χ0n) is 20.7. The lowest BCUT2D eigenvalue weighted by Crippen LogP contribution is -2.20. The first-order valence-corrected chi connectivity index (χ1v) is 13.5. The van der Waals surface area contributed by atoms with Crippen molar-refractivity contribution in [1.29, 1.82) is 0 Å². The number of halogens is 3. The first-order chi connectivity index (χ1) is 17.0. The van der Waals surface area contributed by atoms with Crippen molar-refractivity contribution in [2.75, 3.05) is 13.2 Å². The van der Waals surface area contributed by atoms with Gasteiger partial charge in [-0.2, -0.15) is 4.39 Å². The van der Waals surface area contributed by atoms with Gasteiger partial charge in [0.15, 0.2) is 11.6 Å². The van der Waals surface area contributed by atoms with E-state index >= 15 is 0 Å². The summed E-state index contributed by atoms with van der Waals surface area (Å²) in [6.07, 6.45) is 10.1. The standard InChI is InChI=1S/C30H37F3O2/c1-2-3-19-4-8-22(9-5-19)25-14-15-27(30(33)29(25)32)34-17-20-6-10-21(11-7-20)24-13-12-23(16-26(24)31)28-18-35-28/h12-16,19-22,28H,2-11,17-18H2,1H3. The second-order valence-corrected chi connectivity index (χ2v) is 10.9. The van der Waals surface area contributed by atoms with Gasteiger partial charge in [-0.1, -0.05) is 38.0 Å². The maximum Gasteiger partial charge on any atom is 0.200 e. The lowest BCUT2D eigenvalue weighted by molar-refractivity contribution is 0.191. The molecule has 0 N–H and O–H groups in total. The fraction of sp³-hybridized carbons (Fsp3) is 0.600. The highest BCUT2D eigenvalue weighted by Crippen LogP contribution is 2.41. The highest BCUT2D eigenvalue weighted by Gasteiger charge is 2.29. The van der Waals surface area contributed by atoms with Gasteiger partial charge in [0, 0.05) is 0 Å². The molecular formula is C30H37F3O2. The van der Waals surface area contributed by atoms with E-state index in [1.54, 1.807) is 18.2 Å². The van der Waals surface area contributed by atoms with Gasteiger partial charge in [0.05, 0.1) is 13.2 Å². The molecule has 1 aliphatic heterocycles. The Bertz CT molecular complexity index is 1000. The van der Waals surface area contributed by atoms with Gasteiger partial charge in [-0.25, -0.2) is 8.78 Å². The van der Waals surface area contributed by atoms with Gasteiger partial charge in [-0.3, -0.25) is 0 Å². The van der Waals surface area contributed by atoms with E-state index in [0.717, 1.165) is 68.4 Å². The molecule has 35 heavy (non-hydrogen) atoms. The number of hydrogen-bond acceptors (Lipinski definition) is 2. The fourth-order valence-electron chi connectivity index (χ4n) is 6.31. The number of ether oxygens (including phenoxy) is 2. The maximum atomic E-state index is 14.9. The van der Waals surface area contributed by atoms with Crippen molar-refractivity contribution in [3.8, 4) is 5.75 Å². The van der Waals surface area contributed by atoms with Crippen LogP contribution in [0.15, 0.2) is 30.3 Å². The van der Waals surface area contributed by atoms with E-state index in [9.17, 15) is 13.2 Å². The number of epoxide rings is 1. The normalized spacial score (nSPS) is 28.6. The van der Waals surface area contributed by atoms with Crippen LogP contribution in [0.25, 0.3) is 0 Å². The minimum Gasteiger partial charge on any atom is -0.490 e. The third-order valence-electron chi connectivity index (χ3n) is 8.55. The van der Waals surface area contributed by atoms with Crippen molar-refractivity contribution in [1.82, 2.24) is 0 Å². The molecule has 190 valence electrons. The van der Waals surface area contributed by atoms with Crippen molar-refractivity contribution in [2.45, 2.75) is 89.1 Å². The summed E-state index contributed by atoms with van der Waals surface area (Å²) in [5, 5.41) is 0. The van der Waals surface area contributed by atoms with Crippen molar-refractivity contribution >= 4 is 0 Å². The number of hydrogen-bond donors (Lipinski definition) is 0. The van der Waals surface area contributed by atoms with Gasteiger partial charge >= 0.3 is 0 Å². The molecular weight excluding hydrogens is 449 g/mol. The number of rotatable bonds is 8. The lowest BCUT2D eigenvalue weighted by atomic mass is 9.77. The summed E-state index contributed by atoms with van der Waals surface area (Å²) in [5.41, 5.74) is 2.20. The molecule has 1 atom stereocenters. The zero-order valence-corrected chi connectivity index (χ0v) is 20.7. The van der Waals surface area contributed by atoms with E-state index in [1.807, 2.05) is 12.1 Å². The monoisotopic (exact) mass is 486 g/mol. The van der Waals surface area contributed by atoms with Gasteiger partial charge in [0.1, 0.15) is 11.9 Å². The van der Waals surface area contributed by atoms with Crippen molar-refractivity contribution in [2.24, 2.45) is 11.8 Å². The molecule has 2 aromatic rings. The first-order valence-electron chi connectivity index (χ1n) is 13.5. The molecule has 2 aliphatic carbocycles. The molecule has 2 aromatic carbocycles. The lowest BCUT2D eigenvalue weighted by Gasteiger charge is -2.30. The summed E-state index contributed by atoms with van der Waals surface area (Å²) >= 11 is 0. The summed E-state index contributed by atoms with van der Waals surface area (Å²) in [6, 6.07) is 8.83. The second kappa shape index (κ2) is 10.9. The van der Waals surface area contributed by atoms with Gasteiger partial charge in [-0.15, -0.1) is 0 Å². The summed E-state index contributed by atoms with van der Waals surface area (Å²) in [5.74, 6) is -0.422. The molecule has 0 aromatic heterocycles. The van der Waals surface area contributed by atoms with Crippen molar-refractivity contribution in [3.05, 3.63) is 64.5 Å². The largest absolute Gasteiger partial charge is 0.490 e. The average Bonchev–Trinajstić information content (AvgIpc) is 3.72. The van der Waals surface area contributed by atoms with Crippen LogP contribution in [0.1, 0.15) is 106 Å². The Hall–Kier alpha value is -2.01. The quantitative estimate of drug-likeness (QED) is 0.349. The van der Waals surface area contributed by atoms with E-state index in [-0.39, 0.29) is 35.4 Å². The molecule has 0 radical (unpaired) electrons. The van der Waals surface area contributed by atoms with Gasteiger partial charge in [0.2, 0.25) is 5.82 Å². The molecule has 5 heteroatoms. The molecule has 1 saturated heterocycles. The van der Waals surface area contributed by atoms with Gasteiger partial charge in [0.25, 0.3) is 0 Å². The van der Waals surface area contributed by atoms with Crippen LogP contribution in [0.3, 0.4) is 0 Å². The molecule has 3 fully saturated rings. The molecule has 1 unspecified atom stereocenters. The molecule has 3 aliphatic rings. The molecule has 5 rings (SSSR count). The summed E-state index contributed by atoms with van der Waals surface area (Å²) in [4.78, 5) is 0. The average molecular weight is 487 g/mol. The third kappa shape index (κ3) is 5.71. The van der Waals surface area contributed by atoms with Crippen molar-refractivity contribution < 1.29 is 22.6 Å². The van der Waals surface area contributed by atoms with E-state index in [1.165, 1.54) is 12.8 Å². The number of benzene rings is 2. The molecule has 0 spiro atoms. The Kier molecular flexibility index (Phi) is 7.71. The Balaban J connectivity index is 1.13. The van der Waals surface area contributed by atoms with Gasteiger partial charge < -0.3 is 9.47 Å². The van der Waals surface area contributed by atoms with Crippen LogP contribution >= 0.6 is 0 Å². The minimum absolute atomic E-state index is 0.0111. The van der Waals surface area contributed by atoms with Crippen LogP contribution in [0.4, 0.5) is 13.2 Å². The van der Waals surface area contributed by atoms with E-state index in [2.05, 4.69) is 6.92 Å². The molecule has 0 amide bonds. The predicted molar refractivity (Wildman–Crippen MR) is 131 cm³/mol. The minimum atomic E-state index is -0.853. The van der Waals surface area contributed by atoms with Crippen LogP contribution in [0.2, 0.25) is 0 Å². The summed E-state index contributed by atoms with van der Waals surface area (Å²) in [6.45, 7) is 3.25. The summed E-state index contributed by atoms with van der Waals surface area (Å²) in [7, 11) is 0. The Morgan fingerprint density at radius 3 is 2.06 bits per heavy atom. The van der Waals surface area contributed by atoms with Crippen LogP contribution < -0.4 is 4.74 Å². The maximum absolute atomic E-state index is 14.9. The fourth-order valence-corrected chi connectivity index (χ4v) is 6.31. The third-order valence-corrected chi connectivity index (χ3v) is 8.55. The highest BCUT2D eigenvalue weighted by atomic mass is 19.2. The Labute approximate surface area is 207 Å². The zero-order chi connectivity index (χ0) is 24.4. The predicted octanol–water partition coefficient (Wildman–Crippen LogP) is 8.60. The Morgan fingerprint density at radius 1 is 0.800 bits per heavy atom. The first kappa shape index (κ1) is 24.7. The molecule has 2 nitrogen and oxygen atoms in total. The summed E-state index contributed by atoms with van der Waals surface area (Å²) < 4.78 is 55.4. The molecule has 2 saturated carbocycles. The van der Waals surface area contributed by atoms with Crippen LogP contribution in [0, 0.1) is 29.3 Å². The van der Waals surface area contributed by atoms with Crippen LogP contribution in [-0.2, 0) is 4.74 Å². The van der Waals surface area contributed by atoms with Crippen LogP contribution in [0.5, 0.6) is 5.75 Å². The Morgan fingerprint density at radius 2 is 1.43 bits per heavy atom. The van der Waals surface area contributed by atoms with Crippen molar-refractivity contribution in [3.63, 3.8) is 0 Å². The van der Waals surface area contributed by atoms with E-state index < -0.39 is 11.6 Å². The molecule has 1 heterocycles. The molecule has 0 bridgehead atoms. The van der Waals surface area contributed by atoms with Crippen LogP contribution in [-0.4, -0.2) is 13.2 Å². The van der Waals surface area contributed by atoms with E-state index in [4.69, 9.17) is 9.47 Å². The SMILES string of the molecule is CCCC1CCC(c2ccc(OCC3CCC(c4ccc(C5CO5)cc4F)CC3)c(F)c2F)CC1. The second-order valence-electron chi connectivity index (χ2n) is 10.9. The van der Waals surface area contributed by atoms with Gasteiger partial charge in [-0.05, 0) is 104 Å². The highest BCUT2D eigenvalue weighted by molar-refractivity contribution is 5.33. The van der Waals surface area contributed by atoms with E-state index in [0.29, 0.717) is 18.8 Å². The topological polar surface area (TPSA) is 21.8 Å².